The van der Waals surface area contributed by atoms with Crippen LogP contribution in [-0.2, 0) is 21.9 Å². The van der Waals surface area contributed by atoms with E-state index in [2.05, 4.69) is 10.6 Å². The third-order valence-electron chi connectivity index (χ3n) is 7.24. The summed E-state index contributed by atoms with van der Waals surface area (Å²) in [5, 5.41) is 34.1. The number of carbonyl (C=O) groups excluding carboxylic acids is 3. The number of rotatable bonds is 11. The van der Waals surface area contributed by atoms with E-state index in [1.54, 1.807) is 0 Å². The molecular weight excluding hydrogens is 736 g/mol. The molecule has 0 aliphatic heterocycles. The van der Waals surface area contributed by atoms with Gasteiger partial charge in [-0.3, -0.25) is 14.4 Å². The first kappa shape index (κ1) is 39.6. The number of anilines is 2. The monoisotopic (exact) mass is 759 g/mol. The lowest BCUT2D eigenvalue weighted by Gasteiger charge is -2.19. The molecule has 54 heavy (non-hydrogen) atoms. The largest absolute Gasteiger partial charge is 0.478 e. The van der Waals surface area contributed by atoms with Crippen molar-refractivity contribution in [3.05, 3.63) is 118 Å². The number of alkyl halides is 6. The first-order valence-corrected chi connectivity index (χ1v) is 14.8. The van der Waals surface area contributed by atoms with Crippen molar-refractivity contribution in [2.45, 2.75) is 12.4 Å². The fourth-order valence-electron chi connectivity index (χ4n) is 4.82. The summed E-state index contributed by atoms with van der Waals surface area (Å²) in [6.07, 6.45) is -9.58. The van der Waals surface area contributed by atoms with Crippen LogP contribution >= 0.6 is 0 Å². The standard InChI is InChI=1S/C35H23F6N3O10/c1-42-30(48)22-12-16(2-6-20(22)32(50)51)17-3-7-21(33(52)53)23(13-17)31(49)44-19-5-9-27(25(15-19)35(39,40)41)54-26-8-4-18(14-24(26)34(36,37)38)43-28(45)10-11-29(46)47/h2-15H,1H3,(H,42,48)(H,43,45)(H,44,49)(H,46,47)(H,50,51)(H,52,53). The number of benzene rings is 4. The van der Waals surface area contributed by atoms with Crippen molar-refractivity contribution in [2.75, 3.05) is 17.7 Å². The SMILES string of the molecule is CNC(=O)c1cc(-c2ccc(C(=O)O)c(C(=O)Nc3ccc(Oc4ccc(NC(=O)C=CC(=O)O)cc4C(F)(F)F)c(C(F)(F)F)c3)c2)ccc1C(=O)O. The molecule has 0 spiro atoms. The van der Waals surface area contributed by atoms with Crippen LogP contribution < -0.4 is 20.7 Å². The highest BCUT2D eigenvalue weighted by atomic mass is 19.4. The maximum Gasteiger partial charge on any atom is 0.420 e. The summed E-state index contributed by atoms with van der Waals surface area (Å²) in [6, 6.07) is 10.4. The zero-order valence-corrected chi connectivity index (χ0v) is 27.1. The van der Waals surface area contributed by atoms with Gasteiger partial charge in [-0.25, -0.2) is 14.4 Å². The second kappa shape index (κ2) is 15.6. The number of hydrogen-bond donors (Lipinski definition) is 6. The van der Waals surface area contributed by atoms with Crippen LogP contribution in [0.4, 0.5) is 37.7 Å². The number of aromatic carboxylic acids is 2. The average molecular weight is 760 g/mol. The molecule has 3 amide bonds. The first-order valence-electron chi connectivity index (χ1n) is 14.8. The third kappa shape index (κ3) is 9.37. The van der Waals surface area contributed by atoms with Gasteiger partial charge in [-0.2, -0.15) is 26.3 Å². The normalized spacial score (nSPS) is 11.5. The van der Waals surface area contributed by atoms with Gasteiger partial charge in [-0.1, -0.05) is 12.1 Å². The molecule has 19 heteroatoms. The van der Waals surface area contributed by atoms with Crippen LogP contribution in [0.5, 0.6) is 11.5 Å². The molecule has 4 rings (SSSR count). The van der Waals surface area contributed by atoms with Crippen molar-refractivity contribution in [1.82, 2.24) is 5.32 Å². The van der Waals surface area contributed by atoms with E-state index < -0.39 is 93.1 Å². The molecule has 0 atom stereocenters. The second-order valence-electron chi connectivity index (χ2n) is 10.8. The third-order valence-corrected chi connectivity index (χ3v) is 7.24. The average Bonchev–Trinajstić information content (AvgIpc) is 3.10. The van der Waals surface area contributed by atoms with Crippen molar-refractivity contribution in [1.29, 1.82) is 0 Å². The van der Waals surface area contributed by atoms with Gasteiger partial charge in [0, 0.05) is 30.6 Å². The lowest BCUT2D eigenvalue weighted by atomic mass is 9.95. The summed E-state index contributed by atoms with van der Waals surface area (Å²) in [5.41, 5.74) is -5.90. The summed E-state index contributed by atoms with van der Waals surface area (Å²) >= 11 is 0. The fraction of sp³-hybridized carbons (Fsp3) is 0.0857. The van der Waals surface area contributed by atoms with Crippen molar-refractivity contribution in [3.63, 3.8) is 0 Å². The molecule has 0 aliphatic carbocycles. The lowest BCUT2D eigenvalue weighted by molar-refractivity contribution is -0.139. The van der Waals surface area contributed by atoms with Crippen LogP contribution in [0, 0.1) is 0 Å². The number of carbonyl (C=O) groups is 6. The van der Waals surface area contributed by atoms with E-state index in [4.69, 9.17) is 9.84 Å². The molecule has 0 fully saturated rings. The van der Waals surface area contributed by atoms with E-state index in [-0.39, 0.29) is 22.3 Å². The van der Waals surface area contributed by atoms with Gasteiger partial charge in [0.05, 0.1) is 22.3 Å². The van der Waals surface area contributed by atoms with E-state index in [1.807, 2.05) is 5.32 Å². The first-order chi connectivity index (χ1) is 25.2. The summed E-state index contributed by atoms with van der Waals surface area (Å²) < 4.78 is 89.5. The highest BCUT2D eigenvalue weighted by molar-refractivity contribution is 6.12. The minimum absolute atomic E-state index is 0.106. The zero-order valence-electron chi connectivity index (χ0n) is 27.1. The van der Waals surface area contributed by atoms with E-state index in [1.165, 1.54) is 25.2 Å². The quantitative estimate of drug-likeness (QED) is 0.0698. The van der Waals surface area contributed by atoms with E-state index in [0.717, 1.165) is 30.3 Å². The topological polar surface area (TPSA) is 208 Å². The molecule has 13 nitrogen and oxygen atoms in total. The Bertz CT molecular complexity index is 2230. The maximum atomic E-state index is 14.2. The number of hydrogen-bond acceptors (Lipinski definition) is 7. The van der Waals surface area contributed by atoms with Crippen LogP contribution in [0.15, 0.2) is 84.9 Å². The molecule has 0 saturated heterocycles. The fourth-order valence-corrected chi connectivity index (χ4v) is 4.82. The Morgan fingerprint density at radius 1 is 0.574 bits per heavy atom. The molecule has 4 aromatic carbocycles. The molecule has 0 radical (unpaired) electrons. The predicted octanol–water partition coefficient (Wildman–Crippen LogP) is 6.77. The Morgan fingerprint density at radius 2 is 1.02 bits per heavy atom. The number of ether oxygens (including phenoxy) is 1. The predicted molar refractivity (Wildman–Crippen MR) is 176 cm³/mol. The molecule has 6 N–H and O–H groups in total. The Hall–Kier alpha value is -7.18. The molecule has 0 unspecified atom stereocenters. The highest BCUT2D eigenvalue weighted by Crippen LogP contribution is 2.44. The van der Waals surface area contributed by atoms with Crippen LogP contribution in [-0.4, -0.2) is 58.0 Å². The van der Waals surface area contributed by atoms with Crippen LogP contribution in [0.25, 0.3) is 11.1 Å². The van der Waals surface area contributed by atoms with Crippen LogP contribution in [0.3, 0.4) is 0 Å². The Kier molecular flexibility index (Phi) is 11.4. The molecule has 280 valence electrons. The minimum atomic E-state index is -5.28. The van der Waals surface area contributed by atoms with Crippen LogP contribution in [0.1, 0.15) is 52.6 Å². The Labute approximate surface area is 298 Å². The smallest absolute Gasteiger partial charge is 0.420 e. The van der Waals surface area contributed by atoms with Gasteiger partial charge in [0.1, 0.15) is 22.6 Å². The second-order valence-corrected chi connectivity index (χ2v) is 10.8. The Morgan fingerprint density at radius 3 is 1.43 bits per heavy atom. The number of halogens is 6. The van der Waals surface area contributed by atoms with E-state index >= 15 is 0 Å². The van der Waals surface area contributed by atoms with Gasteiger partial charge < -0.3 is 36.0 Å². The number of carboxylic acid groups (broad SMARTS) is 3. The summed E-state index contributed by atoms with van der Waals surface area (Å²) in [7, 11) is 1.25. The van der Waals surface area contributed by atoms with Gasteiger partial charge in [-0.05, 0) is 71.8 Å². The van der Waals surface area contributed by atoms with Crippen molar-refractivity contribution in [2.24, 2.45) is 0 Å². The molecular formula is C35H23F6N3O10. The van der Waals surface area contributed by atoms with Gasteiger partial charge in [0.25, 0.3) is 11.8 Å². The highest BCUT2D eigenvalue weighted by Gasteiger charge is 2.38. The summed E-state index contributed by atoms with van der Waals surface area (Å²) in [5.74, 6) is -9.95. The van der Waals surface area contributed by atoms with Crippen molar-refractivity contribution < 1.29 is 75.2 Å². The van der Waals surface area contributed by atoms with E-state index in [0.29, 0.717) is 36.4 Å². The molecule has 0 saturated carbocycles. The lowest BCUT2D eigenvalue weighted by Crippen LogP contribution is -2.21. The van der Waals surface area contributed by atoms with Gasteiger partial charge in [0.15, 0.2) is 0 Å². The number of nitrogens with one attached hydrogen (secondary N) is 3. The maximum absolute atomic E-state index is 14.2. The zero-order chi connectivity index (χ0) is 40.1. The number of amides is 3. The molecule has 0 heterocycles. The molecule has 0 aliphatic rings. The molecule has 0 bridgehead atoms. The van der Waals surface area contributed by atoms with Gasteiger partial charge in [-0.15, -0.1) is 0 Å². The van der Waals surface area contributed by atoms with E-state index in [9.17, 15) is 65.3 Å². The molecule has 4 aromatic rings. The van der Waals surface area contributed by atoms with Crippen molar-refractivity contribution in [3.8, 4) is 22.6 Å². The van der Waals surface area contributed by atoms with Gasteiger partial charge >= 0.3 is 30.3 Å². The Balaban J connectivity index is 1.70. The minimum Gasteiger partial charge on any atom is -0.478 e. The summed E-state index contributed by atoms with van der Waals surface area (Å²) in [6.45, 7) is 0. The number of aliphatic carboxylic acids is 1. The number of carboxylic acids is 3. The van der Waals surface area contributed by atoms with Crippen molar-refractivity contribution >= 4 is 47.0 Å². The van der Waals surface area contributed by atoms with Crippen LogP contribution in [0.2, 0.25) is 0 Å². The molecule has 0 aromatic heterocycles. The summed E-state index contributed by atoms with van der Waals surface area (Å²) in [4.78, 5) is 71.7. The van der Waals surface area contributed by atoms with Gasteiger partial charge in [0.2, 0.25) is 5.91 Å².